The fraction of sp³-hybridized carbons (Fsp3) is 0.588. The summed E-state index contributed by atoms with van der Waals surface area (Å²) in [6, 6.07) is 8.90. The van der Waals surface area contributed by atoms with E-state index in [0.717, 1.165) is 19.3 Å². The van der Waals surface area contributed by atoms with Crippen LogP contribution in [0.5, 0.6) is 0 Å². The summed E-state index contributed by atoms with van der Waals surface area (Å²) in [4.78, 5) is 15.6. The number of carbonyl (C=O) groups is 1. The Morgan fingerprint density at radius 2 is 2.09 bits per heavy atom. The van der Waals surface area contributed by atoms with E-state index in [1.165, 1.54) is 10.5 Å². The molecule has 22 heavy (non-hydrogen) atoms. The van der Waals surface area contributed by atoms with Crippen LogP contribution in [0.25, 0.3) is 0 Å². The molecule has 0 aliphatic heterocycles. The van der Waals surface area contributed by atoms with Gasteiger partial charge in [0.1, 0.15) is 0 Å². The van der Waals surface area contributed by atoms with Crippen molar-refractivity contribution in [3.05, 3.63) is 29.8 Å². The van der Waals surface area contributed by atoms with Crippen molar-refractivity contribution in [2.75, 3.05) is 19.9 Å². The third kappa shape index (κ3) is 5.21. The van der Waals surface area contributed by atoms with Gasteiger partial charge in [0.05, 0.1) is 6.10 Å². The fourth-order valence-electron chi connectivity index (χ4n) is 2.28. The number of nitrogens with zero attached hydrogens (tertiary/aromatic N) is 1. The number of hydrogen-bond donors (Lipinski definition) is 1. The molecule has 5 heteroatoms. The second-order valence-electron chi connectivity index (χ2n) is 5.77. The second-order valence-corrected chi connectivity index (χ2v) is 6.65. The lowest BCUT2D eigenvalue weighted by molar-refractivity contribution is 0.110. The first-order chi connectivity index (χ1) is 10.6. The van der Waals surface area contributed by atoms with Crippen molar-refractivity contribution in [3.8, 4) is 0 Å². The number of hydrogen-bond acceptors (Lipinski definition) is 3. The number of amides is 2. The summed E-state index contributed by atoms with van der Waals surface area (Å²) in [6.45, 7) is 3.35. The minimum Gasteiger partial charge on any atom is -0.382 e. The molecule has 1 N–H and O–H groups in total. The lowest BCUT2D eigenvalue weighted by Gasteiger charge is -2.23. The van der Waals surface area contributed by atoms with Gasteiger partial charge >= 0.3 is 6.03 Å². The summed E-state index contributed by atoms with van der Waals surface area (Å²) in [5, 5.41) is 3.01. The normalized spacial score (nSPS) is 15.4. The number of urea groups is 1. The molecule has 2 rings (SSSR count). The molecule has 0 saturated heterocycles. The van der Waals surface area contributed by atoms with Crippen LogP contribution in [-0.2, 0) is 11.3 Å². The van der Waals surface area contributed by atoms with Crippen molar-refractivity contribution in [1.82, 2.24) is 10.2 Å². The van der Waals surface area contributed by atoms with E-state index in [0.29, 0.717) is 19.1 Å². The average molecular weight is 322 g/mol. The molecule has 1 aromatic carbocycles. The van der Waals surface area contributed by atoms with Crippen molar-refractivity contribution in [1.29, 1.82) is 0 Å². The van der Waals surface area contributed by atoms with Crippen LogP contribution in [-0.4, -0.2) is 43.0 Å². The summed E-state index contributed by atoms with van der Waals surface area (Å²) in [5.41, 5.74) is 1.19. The van der Waals surface area contributed by atoms with Crippen molar-refractivity contribution < 1.29 is 9.53 Å². The monoisotopic (exact) mass is 322 g/mol. The third-order valence-corrected chi connectivity index (χ3v) is 4.73. The second kappa shape index (κ2) is 8.44. The zero-order valence-electron chi connectivity index (χ0n) is 13.7. The van der Waals surface area contributed by atoms with Crippen molar-refractivity contribution in [2.45, 2.75) is 49.8 Å². The number of carbonyl (C=O) groups excluding carboxylic acids is 1. The van der Waals surface area contributed by atoms with Gasteiger partial charge in [0.25, 0.3) is 0 Å². The first-order valence-electron chi connectivity index (χ1n) is 7.84. The van der Waals surface area contributed by atoms with Crippen LogP contribution in [0.4, 0.5) is 4.79 Å². The zero-order chi connectivity index (χ0) is 15.9. The molecule has 122 valence electrons. The highest BCUT2D eigenvalue weighted by atomic mass is 32.2. The van der Waals surface area contributed by atoms with Crippen LogP contribution in [0.15, 0.2) is 29.2 Å². The fourth-order valence-corrected chi connectivity index (χ4v) is 2.69. The van der Waals surface area contributed by atoms with E-state index in [9.17, 15) is 4.79 Å². The quantitative estimate of drug-likeness (QED) is 0.745. The van der Waals surface area contributed by atoms with E-state index < -0.39 is 0 Å². The predicted octanol–water partition coefficient (Wildman–Crippen LogP) is 3.51. The van der Waals surface area contributed by atoms with Gasteiger partial charge in [0.15, 0.2) is 0 Å². The molecule has 0 aromatic heterocycles. The Kier molecular flexibility index (Phi) is 6.58. The summed E-state index contributed by atoms with van der Waals surface area (Å²) >= 11 is 1.73. The molecule has 1 atom stereocenters. The Balaban J connectivity index is 1.87. The largest absolute Gasteiger partial charge is 0.382 e. The topological polar surface area (TPSA) is 41.6 Å². The molecule has 1 aromatic rings. The Morgan fingerprint density at radius 3 is 2.64 bits per heavy atom. The molecular formula is C17H26N2O2S. The maximum atomic E-state index is 12.4. The molecule has 1 aliphatic carbocycles. The van der Waals surface area contributed by atoms with Gasteiger partial charge in [-0.3, -0.25) is 0 Å². The highest BCUT2D eigenvalue weighted by Gasteiger charge is 2.32. The molecule has 1 fully saturated rings. The smallest absolute Gasteiger partial charge is 0.317 e. The maximum Gasteiger partial charge on any atom is 0.317 e. The number of benzene rings is 1. The van der Waals surface area contributed by atoms with Gasteiger partial charge < -0.3 is 15.0 Å². The Hall–Kier alpha value is -1.20. The highest BCUT2D eigenvalue weighted by Crippen LogP contribution is 2.28. The molecule has 0 unspecified atom stereocenters. The molecule has 4 nitrogen and oxygen atoms in total. The minimum absolute atomic E-state index is 0.0414. The molecule has 1 saturated carbocycles. The summed E-state index contributed by atoms with van der Waals surface area (Å²) < 4.78 is 5.20. The van der Waals surface area contributed by atoms with Gasteiger partial charge in [-0.2, -0.15) is 0 Å². The van der Waals surface area contributed by atoms with Crippen molar-refractivity contribution in [3.63, 3.8) is 0 Å². The summed E-state index contributed by atoms with van der Waals surface area (Å²) in [6.07, 6.45) is 5.31. The van der Waals surface area contributed by atoms with E-state index in [2.05, 4.69) is 35.8 Å². The predicted molar refractivity (Wildman–Crippen MR) is 91.3 cm³/mol. The van der Waals surface area contributed by atoms with Crippen LogP contribution in [0.1, 0.15) is 31.7 Å². The molecule has 1 aliphatic rings. The van der Waals surface area contributed by atoms with Gasteiger partial charge in [-0.15, -0.1) is 11.8 Å². The number of methoxy groups -OCH3 is 1. The van der Waals surface area contributed by atoms with Gasteiger partial charge in [-0.05, 0) is 50.1 Å². The molecule has 0 heterocycles. The molecule has 2 amide bonds. The summed E-state index contributed by atoms with van der Waals surface area (Å²) in [5.74, 6) is 0. The first-order valence-corrected chi connectivity index (χ1v) is 9.06. The SMILES string of the molecule is CO[C@@H](C)CCNC(=O)N(Cc1ccc(SC)cc1)C1CC1. The van der Waals surface area contributed by atoms with Crippen LogP contribution in [0.3, 0.4) is 0 Å². The van der Waals surface area contributed by atoms with Crippen LogP contribution in [0, 0.1) is 0 Å². The molecule has 0 radical (unpaired) electrons. The van der Waals surface area contributed by atoms with Crippen LogP contribution >= 0.6 is 11.8 Å². The number of nitrogens with one attached hydrogen (secondary N) is 1. The van der Waals surface area contributed by atoms with E-state index in [4.69, 9.17) is 4.74 Å². The number of rotatable bonds is 8. The minimum atomic E-state index is 0.0414. The van der Waals surface area contributed by atoms with E-state index in [1.54, 1.807) is 18.9 Å². The van der Waals surface area contributed by atoms with E-state index >= 15 is 0 Å². The van der Waals surface area contributed by atoms with Gasteiger partial charge in [0.2, 0.25) is 0 Å². The van der Waals surface area contributed by atoms with Crippen molar-refractivity contribution in [2.24, 2.45) is 0 Å². The third-order valence-electron chi connectivity index (χ3n) is 3.99. The lowest BCUT2D eigenvalue weighted by Crippen LogP contribution is -2.41. The van der Waals surface area contributed by atoms with E-state index in [1.807, 2.05) is 11.8 Å². The Morgan fingerprint density at radius 1 is 1.41 bits per heavy atom. The summed E-state index contributed by atoms with van der Waals surface area (Å²) in [7, 11) is 1.70. The van der Waals surface area contributed by atoms with Crippen LogP contribution < -0.4 is 5.32 Å². The zero-order valence-corrected chi connectivity index (χ0v) is 14.5. The molecule has 0 spiro atoms. The number of thioether (sulfide) groups is 1. The lowest BCUT2D eigenvalue weighted by atomic mass is 10.2. The van der Waals surface area contributed by atoms with Gasteiger partial charge in [0, 0.05) is 31.1 Å². The maximum absolute atomic E-state index is 12.4. The first kappa shape index (κ1) is 17.2. The Labute approximate surface area is 137 Å². The van der Waals surface area contributed by atoms with Crippen LogP contribution in [0.2, 0.25) is 0 Å². The van der Waals surface area contributed by atoms with E-state index in [-0.39, 0.29) is 12.1 Å². The standard InChI is InChI=1S/C17H26N2O2S/c1-13(21-2)10-11-18-17(20)19(15-6-7-15)12-14-4-8-16(22-3)9-5-14/h4-5,8-9,13,15H,6-7,10-12H2,1-3H3,(H,18,20)/t13-/m0/s1. The van der Waals surface area contributed by atoms with Crippen molar-refractivity contribution >= 4 is 17.8 Å². The highest BCUT2D eigenvalue weighted by molar-refractivity contribution is 7.98. The number of ether oxygens (including phenoxy) is 1. The average Bonchev–Trinajstić information content (AvgIpc) is 3.37. The van der Waals surface area contributed by atoms with Gasteiger partial charge in [-0.25, -0.2) is 4.79 Å². The molecular weight excluding hydrogens is 296 g/mol. The Bertz CT molecular complexity index is 474. The molecule has 0 bridgehead atoms. The van der Waals surface area contributed by atoms with Gasteiger partial charge in [-0.1, -0.05) is 12.1 Å².